The van der Waals surface area contributed by atoms with Crippen molar-refractivity contribution in [3.8, 4) is 0 Å². The first-order valence-corrected chi connectivity index (χ1v) is 7.70. The van der Waals surface area contributed by atoms with Crippen molar-refractivity contribution in [1.82, 2.24) is 10.2 Å². The Hall–Kier alpha value is -0.0800. The van der Waals surface area contributed by atoms with Crippen LogP contribution in [0.1, 0.15) is 66.2 Å². The van der Waals surface area contributed by atoms with Crippen molar-refractivity contribution in [2.45, 2.75) is 77.8 Å². The van der Waals surface area contributed by atoms with Crippen molar-refractivity contribution < 1.29 is 0 Å². The van der Waals surface area contributed by atoms with E-state index in [4.69, 9.17) is 0 Å². The Morgan fingerprint density at radius 2 is 1.76 bits per heavy atom. The monoisotopic (exact) mass is 240 g/mol. The van der Waals surface area contributed by atoms with Crippen LogP contribution in [0.25, 0.3) is 0 Å². The lowest BCUT2D eigenvalue weighted by Crippen LogP contribution is -2.56. The first-order valence-electron chi connectivity index (χ1n) is 7.70. The molecule has 0 aromatic heterocycles. The summed E-state index contributed by atoms with van der Waals surface area (Å²) in [5, 5.41) is 3.70. The predicted octanol–water partition coefficient (Wildman–Crippen LogP) is 3.42. The lowest BCUT2D eigenvalue weighted by molar-refractivity contribution is 0.0411. The lowest BCUT2D eigenvalue weighted by Gasteiger charge is -2.47. The Morgan fingerprint density at radius 1 is 1.12 bits per heavy atom. The van der Waals surface area contributed by atoms with Crippen molar-refractivity contribution in [2.24, 2.45) is 0 Å². The fourth-order valence-corrected chi connectivity index (χ4v) is 3.34. The van der Waals surface area contributed by atoms with Crippen molar-refractivity contribution in [3.05, 3.63) is 0 Å². The van der Waals surface area contributed by atoms with Gasteiger partial charge >= 0.3 is 0 Å². The molecule has 0 radical (unpaired) electrons. The van der Waals surface area contributed by atoms with E-state index in [-0.39, 0.29) is 0 Å². The summed E-state index contributed by atoms with van der Waals surface area (Å²) in [6.45, 7) is 13.1. The van der Waals surface area contributed by atoms with E-state index in [9.17, 15) is 0 Å². The summed E-state index contributed by atoms with van der Waals surface area (Å²) in [6.07, 6.45) is 7.85. The van der Waals surface area contributed by atoms with Gasteiger partial charge in [0.2, 0.25) is 0 Å². The molecule has 1 rings (SSSR count). The van der Waals surface area contributed by atoms with Gasteiger partial charge in [-0.15, -0.1) is 0 Å². The van der Waals surface area contributed by atoms with Crippen LogP contribution < -0.4 is 5.32 Å². The average Bonchev–Trinajstić information content (AvgIpc) is 2.40. The van der Waals surface area contributed by atoms with Crippen LogP contribution in [-0.2, 0) is 0 Å². The van der Waals surface area contributed by atoms with Gasteiger partial charge in [-0.05, 0) is 51.6 Å². The Bertz CT molecular complexity index is 191. The minimum absolute atomic E-state index is 0.465. The molecule has 1 heterocycles. The van der Waals surface area contributed by atoms with E-state index < -0.39 is 0 Å². The first-order chi connectivity index (χ1) is 8.22. The summed E-state index contributed by atoms with van der Waals surface area (Å²) in [5.74, 6) is 0. The van der Waals surface area contributed by atoms with E-state index in [0.29, 0.717) is 5.54 Å². The van der Waals surface area contributed by atoms with Crippen LogP contribution in [0.4, 0.5) is 0 Å². The lowest BCUT2D eigenvalue weighted by atomic mass is 9.85. The highest BCUT2D eigenvalue weighted by molar-refractivity contribution is 4.92. The van der Waals surface area contributed by atoms with Gasteiger partial charge in [0.1, 0.15) is 0 Å². The highest BCUT2D eigenvalue weighted by atomic mass is 15.2. The first kappa shape index (κ1) is 15.0. The molecule has 1 fully saturated rings. The Labute approximate surface area is 108 Å². The number of rotatable bonds is 7. The van der Waals surface area contributed by atoms with E-state index in [1.807, 2.05) is 0 Å². The van der Waals surface area contributed by atoms with Crippen LogP contribution in [0.5, 0.6) is 0 Å². The maximum Gasteiger partial charge on any atom is 0.0202 e. The normalized spacial score (nSPS) is 22.9. The smallest absolute Gasteiger partial charge is 0.0202 e. The van der Waals surface area contributed by atoms with Gasteiger partial charge in [0.15, 0.2) is 0 Å². The second kappa shape index (κ2) is 7.38. The predicted molar refractivity (Wildman–Crippen MR) is 76.5 cm³/mol. The number of likely N-dealkylation sites (tertiary alicyclic amines) is 1. The van der Waals surface area contributed by atoms with Crippen LogP contribution in [-0.4, -0.2) is 36.1 Å². The van der Waals surface area contributed by atoms with Gasteiger partial charge in [-0.1, -0.05) is 27.7 Å². The molecule has 0 saturated carbocycles. The van der Waals surface area contributed by atoms with Crippen LogP contribution in [0, 0.1) is 0 Å². The molecule has 1 atom stereocenters. The number of piperidine rings is 1. The zero-order chi connectivity index (χ0) is 12.7. The molecule has 0 bridgehead atoms. The third-order valence-corrected chi connectivity index (χ3v) is 4.75. The van der Waals surface area contributed by atoms with Gasteiger partial charge in [-0.25, -0.2) is 0 Å². The molecule has 102 valence electrons. The fourth-order valence-electron chi connectivity index (χ4n) is 3.34. The molecular formula is C15H32N2. The minimum atomic E-state index is 0.465. The van der Waals surface area contributed by atoms with Gasteiger partial charge < -0.3 is 5.32 Å². The average molecular weight is 240 g/mol. The Balaban J connectivity index is 2.57. The molecule has 1 aliphatic heterocycles. The maximum absolute atomic E-state index is 3.70. The van der Waals surface area contributed by atoms with E-state index in [2.05, 4.69) is 37.9 Å². The van der Waals surface area contributed by atoms with E-state index in [1.54, 1.807) is 0 Å². The van der Waals surface area contributed by atoms with Crippen LogP contribution >= 0.6 is 0 Å². The molecule has 0 aliphatic carbocycles. The summed E-state index contributed by atoms with van der Waals surface area (Å²) >= 11 is 0. The Kier molecular flexibility index (Phi) is 6.50. The summed E-state index contributed by atoms with van der Waals surface area (Å²) < 4.78 is 0. The molecule has 0 spiro atoms. The van der Waals surface area contributed by atoms with Crippen LogP contribution in [0.2, 0.25) is 0 Å². The number of hydrogen-bond acceptors (Lipinski definition) is 2. The highest BCUT2D eigenvalue weighted by Gasteiger charge is 2.34. The largest absolute Gasteiger partial charge is 0.313 e. The van der Waals surface area contributed by atoms with E-state index in [1.165, 1.54) is 58.2 Å². The van der Waals surface area contributed by atoms with Gasteiger partial charge in [0.25, 0.3) is 0 Å². The molecule has 1 aliphatic rings. The van der Waals surface area contributed by atoms with E-state index >= 15 is 0 Å². The fraction of sp³-hybridized carbons (Fsp3) is 1.00. The van der Waals surface area contributed by atoms with Gasteiger partial charge in [-0.3, -0.25) is 4.90 Å². The molecule has 0 aromatic rings. The van der Waals surface area contributed by atoms with Gasteiger partial charge in [0.05, 0.1) is 0 Å². The van der Waals surface area contributed by atoms with Crippen molar-refractivity contribution in [2.75, 3.05) is 19.6 Å². The van der Waals surface area contributed by atoms with Crippen molar-refractivity contribution in [3.63, 3.8) is 0 Å². The molecule has 2 nitrogen and oxygen atoms in total. The summed E-state index contributed by atoms with van der Waals surface area (Å²) in [6, 6.07) is 0.729. The SMILES string of the molecule is CCCNC1CCCN(C(CC)(CC)CC)C1. The maximum atomic E-state index is 3.70. The van der Waals surface area contributed by atoms with Crippen molar-refractivity contribution >= 4 is 0 Å². The molecule has 0 amide bonds. The minimum Gasteiger partial charge on any atom is -0.313 e. The molecule has 17 heavy (non-hydrogen) atoms. The number of hydrogen-bond donors (Lipinski definition) is 1. The topological polar surface area (TPSA) is 15.3 Å². The zero-order valence-corrected chi connectivity index (χ0v) is 12.4. The highest BCUT2D eigenvalue weighted by Crippen LogP contribution is 2.30. The molecule has 1 unspecified atom stereocenters. The third kappa shape index (κ3) is 3.69. The molecule has 0 aromatic carbocycles. The molecule has 2 heteroatoms. The van der Waals surface area contributed by atoms with Crippen LogP contribution in [0.15, 0.2) is 0 Å². The summed E-state index contributed by atoms with van der Waals surface area (Å²) in [7, 11) is 0. The van der Waals surface area contributed by atoms with Gasteiger partial charge in [0, 0.05) is 18.1 Å². The second-order valence-electron chi connectivity index (χ2n) is 5.52. The third-order valence-electron chi connectivity index (χ3n) is 4.75. The van der Waals surface area contributed by atoms with Crippen LogP contribution in [0.3, 0.4) is 0 Å². The summed E-state index contributed by atoms with van der Waals surface area (Å²) in [5.41, 5.74) is 0.465. The zero-order valence-electron chi connectivity index (χ0n) is 12.4. The molecule has 1 N–H and O–H groups in total. The second-order valence-corrected chi connectivity index (χ2v) is 5.52. The number of nitrogens with one attached hydrogen (secondary N) is 1. The summed E-state index contributed by atoms with van der Waals surface area (Å²) in [4.78, 5) is 2.77. The van der Waals surface area contributed by atoms with Crippen molar-refractivity contribution in [1.29, 1.82) is 0 Å². The van der Waals surface area contributed by atoms with Gasteiger partial charge in [-0.2, -0.15) is 0 Å². The quantitative estimate of drug-likeness (QED) is 0.733. The standard InChI is InChI=1S/C15H32N2/c1-5-11-16-14-10-9-12-17(13-14)15(6-2,7-3)8-4/h14,16H,5-13H2,1-4H3. The van der Waals surface area contributed by atoms with E-state index in [0.717, 1.165) is 6.04 Å². The Morgan fingerprint density at radius 3 is 2.29 bits per heavy atom. The number of nitrogens with zero attached hydrogens (tertiary/aromatic N) is 1. The molecule has 1 saturated heterocycles. The molecular weight excluding hydrogens is 208 g/mol.